The summed E-state index contributed by atoms with van der Waals surface area (Å²) in [5.74, 6) is -1.32. The molecule has 0 saturated carbocycles. The van der Waals surface area contributed by atoms with Gasteiger partial charge in [-0.3, -0.25) is 0 Å². The van der Waals surface area contributed by atoms with Crippen molar-refractivity contribution in [2.45, 2.75) is 13.0 Å². The van der Waals surface area contributed by atoms with Gasteiger partial charge >= 0.3 is 0 Å². The number of benzene rings is 1. The Labute approximate surface area is 93.0 Å². The van der Waals surface area contributed by atoms with Crippen LogP contribution < -0.4 is 10.1 Å². The minimum Gasteiger partial charge on any atom is -0.491 e. The second-order valence-corrected chi connectivity index (χ2v) is 3.38. The number of halogens is 2. The Bertz CT molecular complexity index is 314. The molecule has 0 saturated heterocycles. The summed E-state index contributed by atoms with van der Waals surface area (Å²) in [6, 6.07) is 2.91. The van der Waals surface area contributed by atoms with Crippen molar-refractivity contribution in [1.29, 1.82) is 0 Å². The predicted molar refractivity (Wildman–Crippen MR) is 56.4 cm³/mol. The molecule has 90 valence electrons. The molecule has 0 heterocycles. The average molecular weight is 231 g/mol. The molecule has 0 fully saturated rings. The first-order valence-electron chi connectivity index (χ1n) is 5.09. The number of nitrogens with one attached hydrogen (secondary N) is 1. The molecule has 0 aliphatic carbocycles. The zero-order valence-electron chi connectivity index (χ0n) is 9.04. The molecule has 2 N–H and O–H groups in total. The molecule has 0 aliphatic rings. The Morgan fingerprint density at radius 3 is 2.50 bits per heavy atom. The van der Waals surface area contributed by atoms with Crippen molar-refractivity contribution in [3.05, 3.63) is 29.8 Å². The standard InChI is InChI=1S/C11H15F2NO2/c1-2-14-6-10(15)7-16-11-4-8(12)3-9(13)5-11/h3-5,10,14-15H,2,6-7H2,1H3. The molecule has 0 spiro atoms. The van der Waals surface area contributed by atoms with Gasteiger partial charge < -0.3 is 15.2 Å². The summed E-state index contributed by atoms with van der Waals surface area (Å²) in [5.41, 5.74) is 0. The van der Waals surface area contributed by atoms with E-state index < -0.39 is 17.7 Å². The molecular formula is C11H15F2NO2. The second-order valence-electron chi connectivity index (χ2n) is 3.38. The van der Waals surface area contributed by atoms with Crippen LogP contribution in [0.4, 0.5) is 8.78 Å². The quantitative estimate of drug-likeness (QED) is 0.775. The maximum Gasteiger partial charge on any atom is 0.129 e. The smallest absolute Gasteiger partial charge is 0.129 e. The molecule has 0 radical (unpaired) electrons. The summed E-state index contributed by atoms with van der Waals surface area (Å²) in [4.78, 5) is 0. The highest BCUT2D eigenvalue weighted by molar-refractivity contribution is 5.23. The lowest BCUT2D eigenvalue weighted by atomic mass is 10.3. The summed E-state index contributed by atoms with van der Waals surface area (Å²) < 4.78 is 30.6. The molecule has 16 heavy (non-hydrogen) atoms. The molecule has 0 aromatic heterocycles. The third-order valence-corrected chi connectivity index (χ3v) is 1.91. The number of hydrogen-bond acceptors (Lipinski definition) is 3. The van der Waals surface area contributed by atoms with E-state index in [2.05, 4.69) is 5.32 Å². The number of aliphatic hydroxyl groups is 1. The highest BCUT2D eigenvalue weighted by atomic mass is 19.1. The van der Waals surface area contributed by atoms with Gasteiger partial charge in [0.15, 0.2) is 0 Å². The maximum absolute atomic E-state index is 12.8. The minimum atomic E-state index is -0.703. The summed E-state index contributed by atoms with van der Waals surface area (Å²) in [6.45, 7) is 3.03. The van der Waals surface area contributed by atoms with Crippen LogP contribution in [0.2, 0.25) is 0 Å². The predicted octanol–water partition coefficient (Wildman–Crippen LogP) is 1.31. The Morgan fingerprint density at radius 1 is 1.31 bits per heavy atom. The first-order valence-corrected chi connectivity index (χ1v) is 5.09. The van der Waals surface area contributed by atoms with Crippen molar-refractivity contribution < 1.29 is 18.6 Å². The van der Waals surface area contributed by atoms with E-state index in [1.165, 1.54) is 0 Å². The van der Waals surface area contributed by atoms with E-state index >= 15 is 0 Å². The lowest BCUT2D eigenvalue weighted by molar-refractivity contribution is 0.106. The minimum absolute atomic E-state index is 0.00407. The normalized spacial score (nSPS) is 12.5. The van der Waals surface area contributed by atoms with Crippen molar-refractivity contribution in [2.75, 3.05) is 19.7 Å². The lowest BCUT2D eigenvalue weighted by Crippen LogP contribution is -2.31. The van der Waals surface area contributed by atoms with Crippen LogP contribution in [-0.2, 0) is 0 Å². The second kappa shape index (κ2) is 6.40. The fourth-order valence-corrected chi connectivity index (χ4v) is 1.17. The van der Waals surface area contributed by atoms with Gasteiger partial charge in [0.25, 0.3) is 0 Å². The van der Waals surface area contributed by atoms with Crippen LogP contribution in [0.3, 0.4) is 0 Å². The van der Waals surface area contributed by atoms with Crippen LogP contribution in [0.25, 0.3) is 0 Å². The molecule has 0 amide bonds. The van der Waals surface area contributed by atoms with Gasteiger partial charge in [-0.2, -0.15) is 0 Å². The van der Waals surface area contributed by atoms with E-state index in [1.54, 1.807) is 0 Å². The molecule has 1 atom stereocenters. The highest BCUT2D eigenvalue weighted by Crippen LogP contribution is 2.15. The topological polar surface area (TPSA) is 41.5 Å². The summed E-state index contributed by atoms with van der Waals surface area (Å²) >= 11 is 0. The number of hydrogen-bond donors (Lipinski definition) is 2. The molecule has 1 rings (SSSR count). The van der Waals surface area contributed by atoms with Crippen LogP contribution in [-0.4, -0.2) is 30.9 Å². The van der Waals surface area contributed by atoms with Gasteiger partial charge in [0.05, 0.1) is 0 Å². The maximum atomic E-state index is 12.8. The van der Waals surface area contributed by atoms with E-state index in [0.29, 0.717) is 6.54 Å². The summed E-state index contributed by atoms with van der Waals surface area (Å²) in [6.07, 6.45) is -0.703. The van der Waals surface area contributed by atoms with Crippen molar-refractivity contribution >= 4 is 0 Å². The van der Waals surface area contributed by atoms with E-state index in [9.17, 15) is 13.9 Å². The average Bonchev–Trinajstić information content (AvgIpc) is 2.22. The fraction of sp³-hybridized carbons (Fsp3) is 0.455. The van der Waals surface area contributed by atoms with Crippen LogP contribution in [0.1, 0.15) is 6.92 Å². The van der Waals surface area contributed by atoms with Gasteiger partial charge in [0.1, 0.15) is 30.1 Å². The van der Waals surface area contributed by atoms with Crippen LogP contribution >= 0.6 is 0 Å². The van der Waals surface area contributed by atoms with E-state index in [4.69, 9.17) is 4.74 Å². The van der Waals surface area contributed by atoms with Crippen molar-refractivity contribution in [3.63, 3.8) is 0 Å². The molecule has 0 aliphatic heterocycles. The summed E-state index contributed by atoms with van der Waals surface area (Å²) in [5, 5.41) is 12.3. The third-order valence-electron chi connectivity index (χ3n) is 1.91. The molecule has 1 aromatic carbocycles. The largest absolute Gasteiger partial charge is 0.491 e. The van der Waals surface area contributed by atoms with Crippen molar-refractivity contribution in [2.24, 2.45) is 0 Å². The zero-order chi connectivity index (χ0) is 12.0. The number of rotatable bonds is 6. The fourth-order valence-electron chi connectivity index (χ4n) is 1.17. The van der Waals surface area contributed by atoms with Gasteiger partial charge in [-0.15, -0.1) is 0 Å². The molecule has 1 unspecified atom stereocenters. The number of ether oxygens (including phenoxy) is 1. The molecular weight excluding hydrogens is 216 g/mol. The van der Waals surface area contributed by atoms with Crippen molar-refractivity contribution in [1.82, 2.24) is 5.32 Å². The first-order chi connectivity index (χ1) is 7.61. The van der Waals surface area contributed by atoms with Gasteiger partial charge in [-0.25, -0.2) is 8.78 Å². The molecule has 1 aromatic rings. The molecule has 5 heteroatoms. The van der Waals surface area contributed by atoms with E-state index in [-0.39, 0.29) is 12.4 Å². The summed E-state index contributed by atoms with van der Waals surface area (Å²) in [7, 11) is 0. The van der Waals surface area contributed by atoms with Gasteiger partial charge in [-0.1, -0.05) is 6.92 Å². The van der Waals surface area contributed by atoms with Gasteiger partial charge in [0.2, 0.25) is 0 Å². The van der Waals surface area contributed by atoms with Gasteiger partial charge in [0, 0.05) is 24.7 Å². The number of likely N-dealkylation sites (N-methyl/N-ethyl adjacent to an activating group) is 1. The first kappa shape index (κ1) is 12.9. The van der Waals surface area contributed by atoms with Crippen LogP contribution in [0.5, 0.6) is 5.75 Å². The van der Waals surface area contributed by atoms with Crippen LogP contribution in [0.15, 0.2) is 18.2 Å². The van der Waals surface area contributed by atoms with E-state index in [0.717, 1.165) is 24.7 Å². The Balaban J connectivity index is 2.41. The number of aliphatic hydroxyl groups excluding tert-OH is 1. The van der Waals surface area contributed by atoms with Gasteiger partial charge in [-0.05, 0) is 6.54 Å². The van der Waals surface area contributed by atoms with Crippen LogP contribution in [0, 0.1) is 11.6 Å². The Morgan fingerprint density at radius 2 is 1.94 bits per heavy atom. The Kier molecular flexibility index (Phi) is 5.14. The Hall–Kier alpha value is -1.20. The van der Waals surface area contributed by atoms with Crippen molar-refractivity contribution in [3.8, 4) is 5.75 Å². The molecule has 3 nitrogen and oxygen atoms in total. The highest BCUT2D eigenvalue weighted by Gasteiger charge is 2.06. The van der Waals surface area contributed by atoms with E-state index in [1.807, 2.05) is 6.92 Å². The third kappa shape index (κ3) is 4.55. The zero-order valence-corrected chi connectivity index (χ0v) is 9.04. The lowest BCUT2D eigenvalue weighted by Gasteiger charge is -2.12. The SMILES string of the molecule is CCNCC(O)COc1cc(F)cc(F)c1. The molecule has 0 bridgehead atoms. The monoisotopic (exact) mass is 231 g/mol.